The maximum Gasteiger partial charge on any atom is 0.123 e. The largest absolute Gasteiger partial charge is 0.377 e. The van der Waals surface area contributed by atoms with E-state index in [1.54, 1.807) is 0 Å². The van der Waals surface area contributed by atoms with E-state index in [1.807, 2.05) is 30.0 Å². The maximum atomic E-state index is 13.0. The topological polar surface area (TPSA) is 12.0 Å². The Labute approximate surface area is 117 Å². The van der Waals surface area contributed by atoms with Crippen molar-refractivity contribution in [3.8, 4) is 0 Å². The maximum absolute atomic E-state index is 13.0. The van der Waals surface area contributed by atoms with Crippen LogP contribution in [0.15, 0.2) is 53.4 Å². The average molecular weight is 273 g/mol. The van der Waals surface area contributed by atoms with Gasteiger partial charge in [-0.1, -0.05) is 31.2 Å². The first-order chi connectivity index (χ1) is 9.22. The molecule has 0 amide bonds. The lowest BCUT2D eigenvalue weighted by atomic mass is 10.0. The molecule has 1 heterocycles. The monoisotopic (exact) mass is 273 g/mol. The van der Waals surface area contributed by atoms with Crippen molar-refractivity contribution in [2.75, 3.05) is 5.32 Å². The fraction of sp³-hybridized carbons (Fsp3) is 0.250. The normalized spacial score (nSPS) is 22.2. The number of thioether (sulfide) groups is 1. The third kappa shape index (κ3) is 2.76. The van der Waals surface area contributed by atoms with Crippen LogP contribution in [0.25, 0.3) is 0 Å². The van der Waals surface area contributed by atoms with Crippen LogP contribution >= 0.6 is 11.8 Å². The van der Waals surface area contributed by atoms with Crippen LogP contribution in [0.3, 0.4) is 0 Å². The van der Waals surface area contributed by atoms with E-state index in [0.29, 0.717) is 5.25 Å². The predicted molar refractivity (Wildman–Crippen MR) is 79.1 cm³/mol. The Morgan fingerprint density at radius 1 is 1.11 bits per heavy atom. The van der Waals surface area contributed by atoms with Crippen LogP contribution in [0.5, 0.6) is 0 Å². The molecule has 0 spiro atoms. The number of benzene rings is 2. The molecule has 0 fully saturated rings. The van der Waals surface area contributed by atoms with E-state index < -0.39 is 0 Å². The molecule has 1 nitrogen and oxygen atoms in total. The summed E-state index contributed by atoms with van der Waals surface area (Å²) in [7, 11) is 0. The van der Waals surface area contributed by atoms with Crippen LogP contribution in [0.4, 0.5) is 10.1 Å². The molecule has 0 bridgehead atoms. The highest BCUT2D eigenvalue weighted by molar-refractivity contribution is 8.00. The Kier molecular flexibility index (Phi) is 3.47. The number of fused-ring (bicyclic) bond motifs is 1. The van der Waals surface area contributed by atoms with Crippen molar-refractivity contribution >= 4 is 17.4 Å². The fourth-order valence-electron chi connectivity index (χ4n) is 2.45. The number of halogens is 1. The second-order valence-electron chi connectivity index (χ2n) is 4.91. The quantitative estimate of drug-likeness (QED) is 0.796. The van der Waals surface area contributed by atoms with E-state index in [2.05, 4.69) is 30.4 Å². The molecule has 0 aromatic heterocycles. The molecule has 1 aliphatic rings. The molecule has 1 aliphatic heterocycles. The van der Waals surface area contributed by atoms with E-state index in [4.69, 9.17) is 0 Å². The van der Waals surface area contributed by atoms with Crippen LogP contribution in [0.2, 0.25) is 0 Å². The highest BCUT2D eigenvalue weighted by Crippen LogP contribution is 2.40. The van der Waals surface area contributed by atoms with Gasteiger partial charge in [0, 0.05) is 15.8 Å². The number of para-hydroxylation sites is 1. The van der Waals surface area contributed by atoms with Crippen molar-refractivity contribution in [1.82, 2.24) is 0 Å². The summed E-state index contributed by atoms with van der Waals surface area (Å²) in [4.78, 5) is 1.29. The summed E-state index contributed by atoms with van der Waals surface area (Å²) in [6.07, 6.45) is 1.03. The average Bonchev–Trinajstić information content (AvgIpc) is 2.57. The number of rotatable bonds is 1. The highest BCUT2D eigenvalue weighted by atomic mass is 32.2. The highest BCUT2D eigenvalue weighted by Gasteiger charge is 2.21. The van der Waals surface area contributed by atoms with E-state index in [0.717, 1.165) is 12.0 Å². The van der Waals surface area contributed by atoms with E-state index in [9.17, 15) is 4.39 Å². The third-order valence-corrected chi connectivity index (χ3v) is 4.59. The summed E-state index contributed by atoms with van der Waals surface area (Å²) >= 11 is 1.90. The Morgan fingerprint density at radius 3 is 2.63 bits per heavy atom. The van der Waals surface area contributed by atoms with Crippen LogP contribution in [-0.4, -0.2) is 5.25 Å². The van der Waals surface area contributed by atoms with Crippen molar-refractivity contribution in [2.45, 2.75) is 29.5 Å². The summed E-state index contributed by atoms with van der Waals surface area (Å²) in [5.41, 5.74) is 2.32. The molecular formula is C16H16FNS. The molecule has 2 aromatic rings. The molecule has 19 heavy (non-hydrogen) atoms. The minimum Gasteiger partial charge on any atom is -0.377 e. The number of hydrogen-bond acceptors (Lipinski definition) is 2. The van der Waals surface area contributed by atoms with Gasteiger partial charge < -0.3 is 5.32 Å². The Morgan fingerprint density at radius 2 is 1.84 bits per heavy atom. The van der Waals surface area contributed by atoms with Gasteiger partial charge in [-0.25, -0.2) is 4.39 Å². The standard InChI is InChI=1S/C16H16FNS/c1-11-10-15(12-6-8-13(17)9-7-12)18-14-4-2-3-5-16(14)19-11/h2-9,11,15,18H,10H2,1H3. The van der Waals surface area contributed by atoms with Gasteiger partial charge in [0.05, 0.1) is 6.04 Å². The zero-order chi connectivity index (χ0) is 13.2. The Balaban J connectivity index is 1.93. The Hall–Kier alpha value is -1.48. The molecule has 0 saturated heterocycles. The molecule has 3 rings (SSSR count). The van der Waals surface area contributed by atoms with E-state index in [-0.39, 0.29) is 11.9 Å². The van der Waals surface area contributed by atoms with Crippen molar-refractivity contribution < 1.29 is 4.39 Å². The summed E-state index contributed by atoms with van der Waals surface area (Å²) in [5, 5.41) is 4.12. The molecule has 3 heteroatoms. The smallest absolute Gasteiger partial charge is 0.123 e. The first-order valence-electron chi connectivity index (χ1n) is 6.50. The third-order valence-electron chi connectivity index (χ3n) is 3.38. The van der Waals surface area contributed by atoms with Crippen molar-refractivity contribution in [1.29, 1.82) is 0 Å². The summed E-state index contributed by atoms with van der Waals surface area (Å²) in [6.45, 7) is 2.24. The minimum atomic E-state index is -0.180. The lowest BCUT2D eigenvalue weighted by Gasteiger charge is -2.19. The van der Waals surface area contributed by atoms with Gasteiger partial charge in [0.15, 0.2) is 0 Å². The molecule has 2 unspecified atom stereocenters. The van der Waals surface area contributed by atoms with E-state index >= 15 is 0 Å². The van der Waals surface area contributed by atoms with Gasteiger partial charge in [-0.05, 0) is 36.2 Å². The minimum absolute atomic E-state index is 0.180. The summed E-state index contributed by atoms with van der Waals surface area (Å²) in [6, 6.07) is 15.4. The zero-order valence-electron chi connectivity index (χ0n) is 10.8. The predicted octanol–water partition coefficient (Wildman–Crippen LogP) is 4.86. The summed E-state index contributed by atoms with van der Waals surface area (Å²) in [5.74, 6) is -0.180. The van der Waals surface area contributed by atoms with Crippen LogP contribution in [0, 0.1) is 5.82 Å². The van der Waals surface area contributed by atoms with E-state index in [1.165, 1.54) is 22.7 Å². The van der Waals surface area contributed by atoms with Gasteiger partial charge >= 0.3 is 0 Å². The number of nitrogens with one attached hydrogen (secondary N) is 1. The Bertz CT molecular complexity index is 567. The van der Waals surface area contributed by atoms with Crippen molar-refractivity contribution in [2.24, 2.45) is 0 Å². The molecule has 2 atom stereocenters. The second kappa shape index (κ2) is 5.25. The number of hydrogen-bond donors (Lipinski definition) is 1. The SMILES string of the molecule is CC1CC(c2ccc(F)cc2)Nc2ccccc2S1. The lowest BCUT2D eigenvalue weighted by molar-refractivity contribution is 0.624. The molecular weight excluding hydrogens is 257 g/mol. The zero-order valence-corrected chi connectivity index (χ0v) is 11.6. The van der Waals surface area contributed by atoms with Gasteiger partial charge in [-0.3, -0.25) is 0 Å². The summed E-state index contributed by atoms with van der Waals surface area (Å²) < 4.78 is 13.0. The first kappa shape index (κ1) is 12.5. The van der Waals surface area contributed by atoms with Gasteiger partial charge in [0.25, 0.3) is 0 Å². The van der Waals surface area contributed by atoms with Crippen LogP contribution in [0.1, 0.15) is 24.9 Å². The van der Waals surface area contributed by atoms with Crippen LogP contribution in [-0.2, 0) is 0 Å². The van der Waals surface area contributed by atoms with Crippen LogP contribution < -0.4 is 5.32 Å². The second-order valence-corrected chi connectivity index (χ2v) is 6.39. The fourth-order valence-corrected chi connectivity index (χ4v) is 3.58. The lowest BCUT2D eigenvalue weighted by Crippen LogP contribution is -2.12. The van der Waals surface area contributed by atoms with Gasteiger partial charge in [-0.2, -0.15) is 0 Å². The van der Waals surface area contributed by atoms with Gasteiger partial charge in [0.2, 0.25) is 0 Å². The van der Waals surface area contributed by atoms with Crippen molar-refractivity contribution in [3.05, 3.63) is 59.9 Å². The van der Waals surface area contributed by atoms with Crippen molar-refractivity contribution in [3.63, 3.8) is 0 Å². The molecule has 2 aromatic carbocycles. The van der Waals surface area contributed by atoms with Gasteiger partial charge in [-0.15, -0.1) is 11.8 Å². The molecule has 98 valence electrons. The molecule has 0 radical (unpaired) electrons. The first-order valence-corrected chi connectivity index (χ1v) is 7.38. The molecule has 1 N–H and O–H groups in total. The molecule has 0 saturated carbocycles. The van der Waals surface area contributed by atoms with Gasteiger partial charge in [0.1, 0.15) is 5.82 Å². The molecule has 0 aliphatic carbocycles. The number of anilines is 1.